The Morgan fingerprint density at radius 2 is 1.74 bits per heavy atom. The molecular formula is C15H19F2NO. The molecule has 0 atom stereocenters. The normalized spacial score (nSPS) is 15.9. The Bertz CT molecular complexity index is 479. The standard InChI is InChI=1S/C15H19F2NO/c1-10(2)11-6-7-12(14(17)13(11)16)15(19)18-8-4-3-5-9-18/h6-7,10H,3-5,8-9H2,1-2H3. The first-order chi connectivity index (χ1) is 9.02. The van der Waals surface area contributed by atoms with Crippen LogP contribution in [0, 0.1) is 11.6 Å². The largest absolute Gasteiger partial charge is 0.339 e. The van der Waals surface area contributed by atoms with E-state index in [4.69, 9.17) is 0 Å². The number of hydrogen-bond acceptors (Lipinski definition) is 1. The molecule has 1 aliphatic rings. The molecule has 0 aliphatic carbocycles. The van der Waals surface area contributed by atoms with Crippen LogP contribution in [0.15, 0.2) is 12.1 Å². The van der Waals surface area contributed by atoms with Crippen molar-refractivity contribution in [1.82, 2.24) is 4.90 Å². The molecule has 4 heteroatoms. The second-order valence-corrected chi connectivity index (χ2v) is 5.34. The van der Waals surface area contributed by atoms with Crippen molar-refractivity contribution in [3.63, 3.8) is 0 Å². The average Bonchev–Trinajstić information content (AvgIpc) is 2.41. The summed E-state index contributed by atoms with van der Waals surface area (Å²) in [7, 11) is 0. The summed E-state index contributed by atoms with van der Waals surface area (Å²) in [5, 5.41) is 0. The number of hydrogen-bond donors (Lipinski definition) is 0. The van der Waals surface area contributed by atoms with Crippen LogP contribution in [-0.4, -0.2) is 23.9 Å². The summed E-state index contributed by atoms with van der Waals surface area (Å²) >= 11 is 0. The molecule has 1 fully saturated rings. The molecule has 1 aromatic rings. The predicted octanol–water partition coefficient (Wildman–Crippen LogP) is 3.71. The van der Waals surface area contributed by atoms with Crippen LogP contribution >= 0.6 is 0 Å². The van der Waals surface area contributed by atoms with Gasteiger partial charge in [-0.2, -0.15) is 0 Å². The molecule has 0 bridgehead atoms. The van der Waals surface area contributed by atoms with Gasteiger partial charge in [-0.1, -0.05) is 19.9 Å². The van der Waals surface area contributed by atoms with Gasteiger partial charge in [0.25, 0.3) is 5.91 Å². The van der Waals surface area contributed by atoms with Gasteiger partial charge in [0.1, 0.15) is 0 Å². The van der Waals surface area contributed by atoms with E-state index >= 15 is 0 Å². The fourth-order valence-electron chi connectivity index (χ4n) is 2.44. The van der Waals surface area contributed by atoms with Gasteiger partial charge in [0.15, 0.2) is 11.6 Å². The monoisotopic (exact) mass is 267 g/mol. The zero-order chi connectivity index (χ0) is 14.0. The van der Waals surface area contributed by atoms with E-state index < -0.39 is 17.5 Å². The number of likely N-dealkylation sites (tertiary alicyclic amines) is 1. The molecule has 0 unspecified atom stereocenters. The Morgan fingerprint density at radius 3 is 2.32 bits per heavy atom. The molecule has 1 aromatic carbocycles. The first-order valence-electron chi connectivity index (χ1n) is 6.79. The van der Waals surface area contributed by atoms with Crippen LogP contribution in [0.25, 0.3) is 0 Å². The summed E-state index contributed by atoms with van der Waals surface area (Å²) in [5.74, 6) is -2.40. The number of rotatable bonds is 2. The summed E-state index contributed by atoms with van der Waals surface area (Å²) < 4.78 is 27.9. The van der Waals surface area contributed by atoms with E-state index in [1.54, 1.807) is 18.7 Å². The molecule has 1 amide bonds. The van der Waals surface area contributed by atoms with Crippen LogP contribution in [0.4, 0.5) is 8.78 Å². The highest BCUT2D eigenvalue weighted by atomic mass is 19.2. The van der Waals surface area contributed by atoms with E-state index in [2.05, 4.69) is 0 Å². The van der Waals surface area contributed by atoms with Gasteiger partial charge in [-0.15, -0.1) is 0 Å². The maximum atomic E-state index is 14.0. The summed E-state index contributed by atoms with van der Waals surface area (Å²) in [6, 6.07) is 2.92. The van der Waals surface area contributed by atoms with Gasteiger partial charge in [-0.05, 0) is 36.8 Å². The summed E-state index contributed by atoms with van der Waals surface area (Å²) in [4.78, 5) is 13.8. The molecule has 104 valence electrons. The minimum atomic E-state index is -1.01. The van der Waals surface area contributed by atoms with Crippen molar-refractivity contribution in [3.8, 4) is 0 Å². The maximum Gasteiger partial charge on any atom is 0.256 e. The molecule has 1 saturated heterocycles. The maximum absolute atomic E-state index is 14.0. The topological polar surface area (TPSA) is 20.3 Å². The third-order valence-corrected chi connectivity index (χ3v) is 3.61. The van der Waals surface area contributed by atoms with E-state index in [-0.39, 0.29) is 11.5 Å². The molecule has 2 nitrogen and oxygen atoms in total. The second kappa shape index (κ2) is 5.68. The summed E-state index contributed by atoms with van der Waals surface area (Å²) in [5.41, 5.74) is 0.163. The highest BCUT2D eigenvalue weighted by Crippen LogP contribution is 2.24. The minimum Gasteiger partial charge on any atom is -0.339 e. The number of piperidine rings is 1. The zero-order valence-electron chi connectivity index (χ0n) is 11.4. The van der Waals surface area contributed by atoms with Crippen LogP contribution in [-0.2, 0) is 0 Å². The number of benzene rings is 1. The molecule has 0 N–H and O–H groups in total. The Kier molecular flexibility index (Phi) is 4.17. The Balaban J connectivity index is 2.30. The van der Waals surface area contributed by atoms with Crippen molar-refractivity contribution < 1.29 is 13.6 Å². The first-order valence-corrected chi connectivity index (χ1v) is 6.79. The van der Waals surface area contributed by atoms with Gasteiger partial charge in [0.2, 0.25) is 0 Å². The van der Waals surface area contributed by atoms with Crippen molar-refractivity contribution in [1.29, 1.82) is 0 Å². The van der Waals surface area contributed by atoms with Crippen molar-refractivity contribution in [2.24, 2.45) is 0 Å². The highest BCUT2D eigenvalue weighted by Gasteiger charge is 2.24. The van der Waals surface area contributed by atoms with E-state index in [0.29, 0.717) is 18.7 Å². The van der Waals surface area contributed by atoms with Crippen LogP contribution in [0.2, 0.25) is 0 Å². The number of amides is 1. The van der Waals surface area contributed by atoms with E-state index in [1.807, 2.05) is 0 Å². The van der Waals surface area contributed by atoms with Crippen LogP contribution in [0.3, 0.4) is 0 Å². The second-order valence-electron chi connectivity index (χ2n) is 5.34. The minimum absolute atomic E-state index is 0.103. The fraction of sp³-hybridized carbons (Fsp3) is 0.533. The highest BCUT2D eigenvalue weighted by molar-refractivity contribution is 5.94. The summed E-state index contributed by atoms with van der Waals surface area (Å²) in [6.45, 7) is 4.85. The SMILES string of the molecule is CC(C)c1ccc(C(=O)N2CCCCC2)c(F)c1F. The van der Waals surface area contributed by atoms with Crippen molar-refractivity contribution in [2.45, 2.75) is 39.0 Å². The summed E-state index contributed by atoms with van der Waals surface area (Å²) in [6.07, 6.45) is 2.95. The van der Waals surface area contributed by atoms with Crippen molar-refractivity contribution >= 4 is 5.91 Å². The lowest BCUT2D eigenvalue weighted by Gasteiger charge is -2.27. The molecule has 0 aromatic heterocycles. The smallest absolute Gasteiger partial charge is 0.256 e. The van der Waals surface area contributed by atoms with Gasteiger partial charge in [0, 0.05) is 13.1 Å². The fourth-order valence-corrected chi connectivity index (χ4v) is 2.44. The average molecular weight is 267 g/mol. The number of halogens is 2. The molecular weight excluding hydrogens is 248 g/mol. The molecule has 2 rings (SSSR count). The molecule has 0 saturated carbocycles. The number of carbonyl (C=O) groups is 1. The van der Waals surface area contributed by atoms with Gasteiger partial charge < -0.3 is 4.90 Å². The lowest BCUT2D eigenvalue weighted by Crippen LogP contribution is -2.36. The van der Waals surface area contributed by atoms with Gasteiger partial charge in [-0.25, -0.2) is 8.78 Å². The van der Waals surface area contributed by atoms with Gasteiger partial charge >= 0.3 is 0 Å². The molecule has 0 radical (unpaired) electrons. The third kappa shape index (κ3) is 2.77. The van der Waals surface area contributed by atoms with Crippen LogP contribution in [0.1, 0.15) is 54.9 Å². The van der Waals surface area contributed by atoms with Crippen LogP contribution in [0.5, 0.6) is 0 Å². The van der Waals surface area contributed by atoms with Crippen molar-refractivity contribution in [3.05, 3.63) is 34.9 Å². The van der Waals surface area contributed by atoms with E-state index in [9.17, 15) is 13.6 Å². The Hall–Kier alpha value is -1.45. The predicted molar refractivity (Wildman–Crippen MR) is 70.2 cm³/mol. The van der Waals surface area contributed by atoms with E-state index in [0.717, 1.165) is 19.3 Å². The molecule has 1 heterocycles. The molecule has 0 spiro atoms. The van der Waals surface area contributed by atoms with Crippen molar-refractivity contribution in [2.75, 3.05) is 13.1 Å². The first kappa shape index (κ1) is 14.0. The van der Waals surface area contributed by atoms with Gasteiger partial charge in [-0.3, -0.25) is 4.79 Å². The Morgan fingerprint density at radius 1 is 1.11 bits per heavy atom. The quantitative estimate of drug-likeness (QED) is 0.799. The molecule has 19 heavy (non-hydrogen) atoms. The van der Waals surface area contributed by atoms with Gasteiger partial charge in [0.05, 0.1) is 5.56 Å². The van der Waals surface area contributed by atoms with E-state index in [1.165, 1.54) is 12.1 Å². The number of carbonyl (C=O) groups excluding carboxylic acids is 1. The molecule has 1 aliphatic heterocycles. The lowest BCUT2D eigenvalue weighted by atomic mass is 9.99. The zero-order valence-corrected chi connectivity index (χ0v) is 11.4. The lowest BCUT2D eigenvalue weighted by molar-refractivity contribution is 0.0718. The van der Waals surface area contributed by atoms with Crippen LogP contribution < -0.4 is 0 Å². The number of nitrogens with zero attached hydrogens (tertiary/aromatic N) is 1. The third-order valence-electron chi connectivity index (χ3n) is 3.61. The Labute approximate surface area is 112 Å².